The van der Waals surface area contributed by atoms with Crippen LogP contribution in [0.5, 0.6) is 0 Å². The largest absolute Gasteiger partial charge is 0.373 e. The Labute approximate surface area is 310 Å². The number of carbonyl (C=O) groups is 2. The molecule has 0 N–H and O–H groups in total. The molecule has 0 spiro atoms. The molecule has 6 rings (SSSR count). The lowest BCUT2D eigenvalue weighted by Crippen LogP contribution is -2.39. The highest BCUT2D eigenvalue weighted by atomic mass is 16.6. The van der Waals surface area contributed by atoms with E-state index in [2.05, 4.69) is 0 Å². The van der Waals surface area contributed by atoms with Crippen molar-refractivity contribution < 1.29 is 33.8 Å². The molecule has 0 aromatic heterocycles. The molecule has 2 heterocycles. The van der Waals surface area contributed by atoms with Crippen molar-refractivity contribution >= 4 is 40.7 Å². The molecule has 0 bridgehead atoms. The third-order valence-corrected chi connectivity index (χ3v) is 8.93. The van der Waals surface area contributed by atoms with Gasteiger partial charge < -0.3 is 9.64 Å². The lowest BCUT2D eigenvalue weighted by molar-refractivity contribution is -0.385. The average molecular weight is 729 g/mol. The number of ether oxygens (including phenoxy) is 1. The zero-order valence-electron chi connectivity index (χ0n) is 28.5. The number of carbonyl (C=O) groups excluding carboxylic acids is 4. The number of nitrogens with zero attached hydrogens (tertiary/aromatic N) is 4. The van der Waals surface area contributed by atoms with Crippen molar-refractivity contribution in [1.82, 2.24) is 0 Å². The number of anilines is 2. The van der Waals surface area contributed by atoms with E-state index in [0.717, 1.165) is 51.2 Å². The van der Waals surface area contributed by atoms with Crippen LogP contribution in [0, 0.1) is 47.9 Å². The van der Waals surface area contributed by atoms with E-state index in [9.17, 15) is 29.8 Å². The Hall–Kier alpha value is -6.04. The molecule has 4 aromatic carbocycles. The Kier molecular flexibility index (Phi) is 16.1. The average Bonchev–Trinajstić information content (AvgIpc) is 3.63. The van der Waals surface area contributed by atoms with Crippen LogP contribution in [-0.4, -0.2) is 47.2 Å². The summed E-state index contributed by atoms with van der Waals surface area (Å²) in [6.07, 6.45) is 1.12. The standard InChI is InChI=1S/C18H18N2O4.C18H18N2O3.CO2.3CH4/c1-11-8-14(16(20(22)23)9-12(11)2)18(21)19-15-7-5-4-6-13(15)10-17(19)24-3;1-11-8-15(17(20(22)23)9-12(11)2)18(21)19-13(3)10-14-6-4-5-7-16(14)19;2-1-3;;;/h4-9,17H,10H2,1-3H3;4-9,13H,10H2,1-3H3;;3*1H4. The Morgan fingerprint density at radius 3 is 1.45 bits per heavy atom. The van der Waals surface area contributed by atoms with Crippen molar-refractivity contribution in [2.75, 3.05) is 16.9 Å². The fourth-order valence-corrected chi connectivity index (χ4v) is 6.16. The molecule has 13 nitrogen and oxygen atoms in total. The summed E-state index contributed by atoms with van der Waals surface area (Å²) in [5.41, 5.74) is 6.90. The van der Waals surface area contributed by atoms with Gasteiger partial charge in [-0.1, -0.05) is 58.7 Å². The van der Waals surface area contributed by atoms with Gasteiger partial charge in [0.25, 0.3) is 23.2 Å². The summed E-state index contributed by atoms with van der Waals surface area (Å²) >= 11 is 0. The molecule has 2 aliphatic heterocycles. The number of methoxy groups -OCH3 is 1. The van der Waals surface area contributed by atoms with Gasteiger partial charge >= 0.3 is 6.15 Å². The van der Waals surface area contributed by atoms with Gasteiger partial charge in [0.2, 0.25) is 0 Å². The molecule has 53 heavy (non-hydrogen) atoms. The van der Waals surface area contributed by atoms with E-state index < -0.39 is 22.0 Å². The maximum Gasteiger partial charge on any atom is 0.373 e. The summed E-state index contributed by atoms with van der Waals surface area (Å²) in [5, 5.41) is 22.8. The third kappa shape index (κ3) is 9.26. The highest BCUT2D eigenvalue weighted by Crippen LogP contribution is 2.37. The van der Waals surface area contributed by atoms with Gasteiger partial charge in [0, 0.05) is 37.4 Å². The fourth-order valence-electron chi connectivity index (χ4n) is 6.16. The summed E-state index contributed by atoms with van der Waals surface area (Å²) in [6, 6.07) is 21.4. The van der Waals surface area contributed by atoms with Crippen molar-refractivity contribution in [3.05, 3.63) is 138 Å². The van der Waals surface area contributed by atoms with E-state index in [4.69, 9.17) is 14.3 Å². The fraction of sp³-hybridized carbons (Fsp3) is 0.325. The first-order valence-corrected chi connectivity index (χ1v) is 15.6. The monoisotopic (exact) mass is 728 g/mol. The van der Waals surface area contributed by atoms with E-state index in [0.29, 0.717) is 6.42 Å². The van der Waals surface area contributed by atoms with E-state index in [1.807, 2.05) is 76.2 Å². The summed E-state index contributed by atoms with van der Waals surface area (Å²) in [4.78, 5) is 67.4. The number of rotatable bonds is 5. The van der Waals surface area contributed by atoms with Crippen molar-refractivity contribution in [2.24, 2.45) is 0 Å². The Morgan fingerprint density at radius 1 is 0.679 bits per heavy atom. The van der Waals surface area contributed by atoms with Crippen molar-refractivity contribution in [1.29, 1.82) is 0 Å². The maximum atomic E-state index is 13.1. The summed E-state index contributed by atoms with van der Waals surface area (Å²) in [6.45, 7) is 9.26. The molecular weight excluding hydrogens is 680 g/mol. The third-order valence-electron chi connectivity index (χ3n) is 8.93. The molecule has 2 aliphatic rings. The van der Waals surface area contributed by atoms with Gasteiger partial charge in [-0.15, -0.1) is 0 Å². The van der Waals surface area contributed by atoms with Gasteiger partial charge in [-0.3, -0.25) is 34.7 Å². The minimum Gasteiger partial charge on any atom is -0.361 e. The van der Waals surface area contributed by atoms with Gasteiger partial charge in [0.05, 0.1) is 15.5 Å². The lowest BCUT2D eigenvalue weighted by atomic mass is 10.0. The number of fused-ring (bicyclic) bond motifs is 2. The van der Waals surface area contributed by atoms with Crippen LogP contribution >= 0.6 is 0 Å². The number of benzene rings is 4. The van der Waals surface area contributed by atoms with Crippen LogP contribution in [0.15, 0.2) is 72.8 Å². The molecule has 13 heteroatoms. The molecule has 0 radical (unpaired) electrons. The zero-order chi connectivity index (χ0) is 36.9. The summed E-state index contributed by atoms with van der Waals surface area (Å²) in [5.74, 6) is -0.723. The number of nitro benzene ring substituents is 2. The van der Waals surface area contributed by atoms with E-state index in [1.165, 1.54) is 24.1 Å². The molecule has 2 amide bonds. The number of amides is 2. The van der Waals surface area contributed by atoms with Crippen molar-refractivity contribution in [3.8, 4) is 0 Å². The smallest absolute Gasteiger partial charge is 0.361 e. The number of para-hydroxylation sites is 2. The highest BCUT2D eigenvalue weighted by molar-refractivity contribution is 6.11. The molecule has 4 aromatic rings. The topological polar surface area (TPSA) is 170 Å². The molecule has 0 fully saturated rings. The predicted molar refractivity (Wildman–Crippen MR) is 205 cm³/mol. The van der Waals surface area contributed by atoms with E-state index in [1.54, 1.807) is 24.0 Å². The molecule has 0 aliphatic carbocycles. The summed E-state index contributed by atoms with van der Waals surface area (Å²) < 4.78 is 5.44. The molecule has 2 unspecified atom stereocenters. The Morgan fingerprint density at radius 2 is 1.04 bits per heavy atom. The normalized spacial score (nSPS) is 14.5. The first-order valence-electron chi connectivity index (χ1n) is 15.6. The number of hydrogen-bond donors (Lipinski definition) is 0. The van der Waals surface area contributed by atoms with Crippen LogP contribution in [-0.2, 0) is 27.2 Å². The second kappa shape index (κ2) is 19.0. The second-order valence-electron chi connectivity index (χ2n) is 12.1. The van der Waals surface area contributed by atoms with Crippen LogP contribution in [0.1, 0.15) is 83.3 Å². The van der Waals surface area contributed by atoms with Gasteiger partial charge in [-0.05, 0) is 98.7 Å². The first kappa shape index (κ1) is 45.0. The van der Waals surface area contributed by atoms with Crippen LogP contribution in [0.25, 0.3) is 0 Å². The van der Waals surface area contributed by atoms with Crippen molar-refractivity contribution in [3.63, 3.8) is 0 Å². The van der Waals surface area contributed by atoms with Gasteiger partial charge in [0.15, 0.2) is 0 Å². The highest BCUT2D eigenvalue weighted by Gasteiger charge is 2.37. The van der Waals surface area contributed by atoms with Crippen LogP contribution in [0.4, 0.5) is 22.7 Å². The van der Waals surface area contributed by atoms with Crippen LogP contribution in [0.3, 0.4) is 0 Å². The molecule has 0 saturated carbocycles. The maximum absolute atomic E-state index is 13.1. The van der Waals surface area contributed by atoms with E-state index >= 15 is 0 Å². The predicted octanol–water partition coefficient (Wildman–Crippen LogP) is 8.51. The van der Waals surface area contributed by atoms with Crippen molar-refractivity contribution in [2.45, 2.75) is 82.0 Å². The first-order chi connectivity index (χ1) is 23.7. The summed E-state index contributed by atoms with van der Waals surface area (Å²) in [7, 11) is 1.53. The molecule has 2 atom stereocenters. The Balaban J connectivity index is 0.000000469. The quantitative estimate of drug-likeness (QED) is 0.144. The van der Waals surface area contributed by atoms with Gasteiger partial charge in [-0.25, -0.2) is 0 Å². The minimum absolute atomic E-state index is 0. The number of aryl methyl sites for hydroxylation is 4. The molecule has 282 valence electrons. The lowest BCUT2D eigenvalue weighted by Gasteiger charge is -2.24. The zero-order valence-corrected chi connectivity index (χ0v) is 28.5. The molecular formula is C40H48N4O9. The van der Waals surface area contributed by atoms with Crippen LogP contribution < -0.4 is 9.80 Å². The second-order valence-corrected chi connectivity index (χ2v) is 12.1. The number of hydrogen-bond acceptors (Lipinski definition) is 9. The SMILES string of the molecule is C.C.C.COC1Cc2ccccc2N1C(=O)c1cc(C)c(C)cc1[N+](=O)[O-].Cc1cc(C(=O)N2c3ccccc3CC2C)c([N+](=O)[O-])cc1C.O=C=O. The Bertz CT molecular complexity index is 2020. The van der Waals surface area contributed by atoms with Gasteiger partial charge in [0.1, 0.15) is 17.4 Å². The molecule has 0 saturated heterocycles. The minimum atomic E-state index is -0.510. The van der Waals surface area contributed by atoms with Crippen LogP contribution in [0.2, 0.25) is 0 Å². The van der Waals surface area contributed by atoms with Gasteiger partial charge in [-0.2, -0.15) is 9.59 Å². The number of nitro groups is 2. The van der Waals surface area contributed by atoms with E-state index in [-0.39, 0.29) is 62.9 Å².